The van der Waals surface area contributed by atoms with Crippen molar-refractivity contribution in [2.45, 2.75) is 19.8 Å². The van der Waals surface area contributed by atoms with Crippen LogP contribution in [0.1, 0.15) is 13.8 Å². The third kappa shape index (κ3) is 1.83. The zero-order chi connectivity index (χ0) is 13.8. The van der Waals surface area contributed by atoms with Gasteiger partial charge < -0.3 is 4.90 Å². The smallest absolute Gasteiger partial charge is 0.271 e. The number of fused-ring (bicyclic) bond motifs is 1. The quantitative estimate of drug-likeness (QED) is 0.807. The van der Waals surface area contributed by atoms with Crippen LogP contribution in [0.4, 0.5) is 14.5 Å². The fourth-order valence-corrected chi connectivity index (χ4v) is 2.45. The Morgan fingerprint density at radius 1 is 1.32 bits per heavy atom. The van der Waals surface area contributed by atoms with Crippen molar-refractivity contribution in [2.75, 3.05) is 18.0 Å². The molecule has 3 rings (SSSR count). The maximum absolute atomic E-state index is 14.0. The minimum atomic E-state index is -2.76. The molecule has 2 aromatic heterocycles. The van der Waals surface area contributed by atoms with Gasteiger partial charge in [-0.3, -0.25) is 0 Å². The maximum Gasteiger partial charge on any atom is 0.271 e. The molecule has 0 aromatic carbocycles. The van der Waals surface area contributed by atoms with E-state index in [4.69, 9.17) is 11.6 Å². The van der Waals surface area contributed by atoms with Gasteiger partial charge in [0.2, 0.25) is 0 Å². The molecule has 2 aromatic rings. The van der Waals surface area contributed by atoms with Gasteiger partial charge in [-0.25, -0.2) is 13.8 Å². The summed E-state index contributed by atoms with van der Waals surface area (Å²) in [5, 5.41) is 8.01. The second kappa shape index (κ2) is 3.75. The van der Waals surface area contributed by atoms with Crippen LogP contribution >= 0.6 is 11.6 Å². The zero-order valence-electron chi connectivity index (χ0n) is 10.4. The summed E-state index contributed by atoms with van der Waals surface area (Å²) in [4.78, 5) is 5.62. The summed E-state index contributed by atoms with van der Waals surface area (Å²) in [7, 11) is 0. The van der Waals surface area contributed by atoms with E-state index in [1.54, 1.807) is 24.8 Å². The Balaban J connectivity index is 2.09. The van der Waals surface area contributed by atoms with E-state index in [0.29, 0.717) is 11.3 Å². The van der Waals surface area contributed by atoms with Crippen molar-refractivity contribution in [1.82, 2.24) is 19.8 Å². The molecule has 0 aliphatic carbocycles. The topological polar surface area (TPSA) is 46.3 Å². The molecular formula is C11H12ClF2N5. The van der Waals surface area contributed by atoms with Crippen molar-refractivity contribution < 1.29 is 8.78 Å². The third-order valence-electron chi connectivity index (χ3n) is 3.51. The summed E-state index contributed by atoms with van der Waals surface area (Å²) < 4.78 is 29.2. The van der Waals surface area contributed by atoms with Crippen molar-refractivity contribution >= 4 is 22.9 Å². The zero-order valence-corrected chi connectivity index (χ0v) is 11.2. The molecule has 0 bridgehead atoms. The Bertz CT molecular complexity index is 623. The lowest BCUT2D eigenvalue weighted by atomic mass is 9.89. The Hall–Kier alpha value is -1.50. The van der Waals surface area contributed by atoms with Gasteiger partial charge in [0.1, 0.15) is 6.33 Å². The largest absolute Gasteiger partial charge is 0.362 e. The number of aromatic nitrogens is 4. The molecule has 19 heavy (non-hydrogen) atoms. The fourth-order valence-electron chi connectivity index (χ4n) is 2.28. The van der Waals surface area contributed by atoms with E-state index in [-0.39, 0.29) is 18.2 Å². The molecule has 0 spiro atoms. The fraction of sp³-hybridized carbons (Fsp3) is 0.545. The number of hydrogen-bond donors (Lipinski definition) is 0. The predicted molar refractivity (Wildman–Crippen MR) is 66.7 cm³/mol. The standard InChI is InChI=1S/C11H12ClF2N5/c1-10(2)4-18(5-11(10,13)14)7-3-8(12)17-19-9(7)15-6-16-19/h3,6H,4-5H2,1-2H3. The average Bonchev–Trinajstić information content (AvgIpc) is 2.80. The summed E-state index contributed by atoms with van der Waals surface area (Å²) in [6, 6.07) is 1.54. The van der Waals surface area contributed by atoms with E-state index in [2.05, 4.69) is 15.2 Å². The second-order valence-corrected chi connectivity index (χ2v) is 5.76. The molecule has 0 radical (unpaired) electrons. The minimum absolute atomic E-state index is 0.195. The molecule has 1 fully saturated rings. The maximum atomic E-state index is 14.0. The summed E-state index contributed by atoms with van der Waals surface area (Å²) in [5.74, 6) is -2.76. The van der Waals surface area contributed by atoms with Gasteiger partial charge in [-0.1, -0.05) is 25.4 Å². The summed E-state index contributed by atoms with van der Waals surface area (Å²) in [6.45, 7) is 2.97. The molecule has 3 heterocycles. The van der Waals surface area contributed by atoms with Crippen LogP contribution in [-0.2, 0) is 0 Å². The molecular weight excluding hydrogens is 276 g/mol. The number of rotatable bonds is 1. The second-order valence-electron chi connectivity index (χ2n) is 5.37. The van der Waals surface area contributed by atoms with Gasteiger partial charge in [0.25, 0.3) is 5.92 Å². The van der Waals surface area contributed by atoms with E-state index in [9.17, 15) is 8.78 Å². The lowest BCUT2D eigenvalue weighted by molar-refractivity contribution is -0.0642. The molecule has 1 aliphatic heterocycles. The van der Waals surface area contributed by atoms with Gasteiger partial charge in [-0.2, -0.15) is 0 Å². The molecule has 1 aliphatic rings. The van der Waals surface area contributed by atoms with Gasteiger partial charge in [0.15, 0.2) is 10.8 Å². The first kappa shape index (κ1) is 12.5. The summed E-state index contributed by atoms with van der Waals surface area (Å²) >= 11 is 5.89. The molecule has 5 nitrogen and oxygen atoms in total. The molecule has 0 saturated carbocycles. The van der Waals surface area contributed by atoms with Crippen LogP contribution in [0.2, 0.25) is 5.15 Å². The Morgan fingerprint density at radius 3 is 2.68 bits per heavy atom. The highest BCUT2D eigenvalue weighted by atomic mass is 35.5. The summed E-state index contributed by atoms with van der Waals surface area (Å²) in [6.07, 6.45) is 1.32. The van der Waals surface area contributed by atoms with Crippen LogP contribution in [0.5, 0.6) is 0 Å². The van der Waals surface area contributed by atoms with E-state index in [1.165, 1.54) is 11.0 Å². The Kier molecular flexibility index (Phi) is 2.47. The molecule has 0 unspecified atom stereocenters. The molecule has 8 heteroatoms. The van der Waals surface area contributed by atoms with Crippen molar-refractivity contribution in [2.24, 2.45) is 5.41 Å². The molecule has 1 saturated heterocycles. The van der Waals surface area contributed by atoms with E-state index in [1.807, 2.05) is 0 Å². The van der Waals surface area contributed by atoms with Crippen molar-refractivity contribution in [1.29, 1.82) is 0 Å². The van der Waals surface area contributed by atoms with Gasteiger partial charge in [0.05, 0.1) is 12.2 Å². The Morgan fingerprint density at radius 2 is 2.05 bits per heavy atom. The van der Waals surface area contributed by atoms with Crippen molar-refractivity contribution in [3.63, 3.8) is 0 Å². The van der Waals surface area contributed by atoms with Crippen LogP contribution < -0.4 is 4.90 Å². The average molecular weight is 288 g/mol. The van der Waals surface area contributed by atoms with Crippen LogP contribution in [0, 0.1) is 5.41 Å². The number of alkyl halides is 2. The predicted octanol–water partition coefficient (Wildman–Crippen LogP) is 2.26. The molecule has 0 N–H and O–H groups in total. The monoisotopic (exact) mass is 287 g/mol. The van der Waals surface area contributed by atoms with E-state index >= 15 is 0 Å². The highest BCUT2D eigenvalue weighted by molar-refractivity contribution is 6.29. The molecule has 102 valence electrons. The first-order chi connectivity index (χ1) is 8.80. The highest BCUT2D eigenvalue weighted by Gasteiger charge is 2.54. The van der Waals surface area contributed by atoms with Crippen molar-refractivity contribution in [3.05, 3.63) is 17.5 Å². The molecule has 0 amide bonds. The molecule has 0 atom stereocenters. The number of nitrogens with zero attached hydrogens (tertiary/aromatic N) is 5. The first-order valence-corrected chi connectivity index (χ1v) is 6.17. The lowest BCUT2D eigenvalue weighted by Crippen LogP contribution is -2.34. The number of halogens is 3. The van der Waals surface area contributed by atoms with E-state index in [0.717, 1.165) is 0 Å². The lowest BCUT2D eigenvalue weighted by Gasteiger charge is -2.24. The van der Waals surface area contributed by atoms with Crippen LogP contribution in [0.15, 0.2) is 12.4 Å². The third-order valence-corrected chi connectivity index (χ3v) is 3.70. The van der Waals surface area contributed by atoms with Gasteiger partial charge in [-0.15, -0.1) is 14.8 Å². The van der Waals surface area contributed by atoms with Gasteiger partial charge >= 0.3 is 0 Å². The highest BCUT2D eigenvalue weighted by Crippen LogP contribution is 2.45. The van der Waals surface area contributed by atoms with Gasteiger partial charge in [-0.05, 0) is 0 Å². The van der Waals surface area contributed by atoms with Gasteiger partial charge in [0, 0.05) is 18.0 Å². The minimum Gasteiger partial charge on any atom is -0.362 e. The normalized spacial score (nSPS) is 21.2. The summed E-state index contributed by atoms with van der Waals surface area (Å²) in [5.41, 5.74) is -0.139. The van der Waals surface area contributed by atoms with Crippen LogP contribution in [-0.4, -0.2) is 38.8 Å². The van der Waals surface area contributed by atoms with Crippen molar-refractivity contribution in [3.8, 4) is 0 Å². The number of hydrogen-bond acceptors (Lipinski definition) is 4. The number of anilines is 1. The SMILES string of the molecule is CC1(C)CN(c2cc(Cl)nn3ncnc23)CC1(F)F. The van der Waals surface area contributed by atoms with E-state index < -0.39 is 11.3 Å². The van der Waals surface area contributed by atoms with Crippen LogP contribution in [0.3, 0.4) is 0 Å². The van der Waals surface area contributed by atoms with Crippen LogP contribution in [0.25, 0.3) is 5.65 Å². The first-order valence-electron chi connectivity index (χ1n) is 5.79. The Labute approximate surface area is 113 Å².